The molecule has 0 saturated heterocycles. The molecule has 27 heavy (non-hydrogen) atoms. The molecule has 0 fully saturated rings. The number of carbonyl (C=O) groups excluding carboxylic acids is 1. The van der Waals surface area contributed by atoms with E-state index in [9.17, 15) is 9.18 Å². The third kappa shape index (κ3) is 4.82. The van der Waals surface area contributed by atoms with E-state index in [-0.39, 0.29) is 11.7 Å². The highest BCUT2D eigenvalue weighted by Gasteiger charge is 2.38. The standard InChI is InChI=1S/C20H20ClFN2O2S/c1-20(2,26-16-9-7-15(21)8-10-16)18(25)24-12-11-23-19(24)27-13-14-5-3-4-6-17(14)22/h3-10H,11-13H2,1-2H3. The molecular weight excluding hydrogens is 387 g/mol. The Morgan fingerprint density at radius 1 is 1.26 bits per heavy atom. The largest absolute Gasteiger partial charge is 0.478 e. The minimum Gasteiger partial charge on any atom is -0.478 e. The number of amides is 1. The number of hydrogen-bond donors (Lipinski definition) is 0. The van der Waals surface area contributed by atoms with Gasteiger partial charge in [0.05, 0.1) is 6.54 Å². The van der Waals surface area contributed by atoms with E-state index in [1.165, 1.54) is 17.8 Å². The van der Waals surface area contributed by atoms with Crippen LogP contribution in [0.1, 0.15) is 19.4 Å². The first-order valence-corrected chi connectivity index (χ1v) is 9.90. The average Bonchev–Trinajstić information content (AvgIpc) is 3.10. The molecule has 1 amide bonds. The molecule has 2 aromatic carbocycles. The van der Waals surface area contributed by atoms with Crippen LogP contribution in [0.4, 0.5) is 4.39 Å². The van der Waals surface area contributed by atoms with Crippen molar-refractivity contribution in [2.45, 2.75) is 25.2 Å². The molecule has 0 atom stereocenters. The van der Waals surface area contributed by atoms with Gasteiger partial charge in [-0.15, -0.1) is 0 Å². The van der Waals surface area contributed by atoms with Crippen molar-refractivity contribution in [1.29, 1.82) is 0 Å². The summed E-state index contributed by atoms with van der Waals surface area (Å²) in [5.74, 6) is 0.533. The molecular formula is C20H20ClFN2O2S. The predicted octanol–water partition coefficient (Wildman–Crippen LogP) is 4.77. The third-order valence-electron chi connectivity index (χ3n) is 4.06. The van der Waals surface area contributed by atoms with Gasteiger partial charge in [0.1, 0.15) is 11.6 Å². The minimum absolute atomic E-state index is 0.185. The molecule has 0 aromatic heterocycles. The second-order valence-electron chi connectivity index (χ2n) is 6.57. The molecule has 142 valence electrons. The second kappa shape index (κ2) is 8.31. The smallest absolute Gasteiger partial charge is 0.272 e. The van der Waals surface area contributed by atoms with Gasteiger partial charge in [-0.3, -0.25) is 14.7 Å². The zero-order valence-corrected chi connectivity index (χ0v) is 16.7. The lowest BCUT2D eigenvalue weighted by atomic mass is 10.1. The monoisotopic (exact) mass is 406 g/mol. The van der Waals surface area contributed by atoms with E-state index in [1.54, 1.807) is 61.2 Å². The molecule has 1 aliphatic rings. The van der Waals surface area contributed by atoms with Crippen LogP contribution in [-0.2, 0) is 10.5 Å². The Morgan fingerprint density at radius 2 is 1.96 bits per heavy atom. The topological polar surface area (TPSA) is 41.9 Å². The Labute approximate surface area is 167 Å². The van der Waals surface area contributed by atoms with Crippen molar-refractivity contribution < 1.29 is 13.9 Å². The van der Waals surface area contributed by atoms with Crippen LogP contribution < -0.4 is 4.74 Å². The van der Waals surface area contributed by atoms with Gasteiger partial charge >= 0.3 is 0 Å². The van der Waals surface area contributed by atoms with Gasteiger partial charge in [0.25, 0.3) is 5.91 Å². The van der Waals surface area contributed by atoms with Crippen molar-refractivity contribution in [3.63, 3.8) is 0 Å². The zero-order valence-electron chi connectivity index (χ0n) is 15.1. The number of aliphatic imine (C=N–C) groups is 1. The number of thioether (sulfide) groups is 1. The highest BCUT2D eigenvalue weighted by molar-refractivity contribution is 8.13. The summed E-state index contributed by atoms with van der Waals surface area (Å²) < 4.78 is 19.7. The summed E-state index contributed by atoms with van der Waals surface area (Å²) >= 11 is 7.24. The van der Waals surface area contributed by atoms with Crippen LogP contribution in [-0.4, -0.2) is 34.7 Å². The number of hydrogen-bond acceptors (Lipinski definition) is 4. The normalized spacial score (nSPS) is 14.2. The first-order valence-electron chi connectivity index (χ1n) is 8.54. The number of amidine groups is 1. The van der Waals surface area contributed by atoms with Crippen molar-refractivity contribution >= 4 is 34.4 Å². The molecule has 7 heteroatoms. The molecule has 1 aliphatic heterocycles. The summed E-state index contributed by atoms with van der Waals surface area (Å²) in [6.07, 6.45) is 0. The maximum absolute atomic E-state index is 13.8. The van der Waals surface area contributed by atoms with Gasteiger partial charge in [0.15, 0.2) is 10.8 Å². The molecule has 0 saturated carbocycles. The Bertz CT molecular complexity index is 855. The maximum atomic E-state index is 13.8. The first kappa shape index (κ1) is 19.7. The van der Waals surface area contributed by atoms with Gasteiger partial charge in [-0.25, -0.2) is 4.39 Å². The maximum Gasteiger partial charge on any atom is 0.272 e. The molecule has 0 aliphatic carbocycles. The van der Waals surface area contributed by atoms with Crippen molar-refractivity contribution in [1.82, 2.24) is 4.90 Å². The predicted molar refractivity (Wildman–Crippen MR) is 108 cm³/mol. The van der Waals surface area contributed by atoms with Crippen LogP contribution in [0.15, 0.2) is 53.5 Å². The average molecular weight is 407 g/mol. The highest BCUT2D eigenvalue weighted by atomic mass is 35.5. The van der Waals surface area contributed by atoms with E-state index < -0.39 is 5.60 Å². The van der Waals surface area contributed by atoms with Crippen LogP contribution in [0.2, 0.25) is 5.02 Å². The van der Waals surface area contributed by atoms with Crippen molar-refractivity contribution in [3.05, 3.63) is 64.9 Å². The summed E-state index contributed by atoms with van der Waals surface area (Å²) in [7, 11) is 0. The molecule has 0 unspecified atom stereocenters. The van der Waals surface area contributed by atoms with E-state index in [0.717, 1.165) is 0 Å². The second-order valence-corrected chi connectivity index (χ2v) is 7.95. The first-order chi connectivity index (χ1) is 12.9. The fourth-order valence-electron chi connectivity index (χ4n) is 2.66. The van der Waals surface area contributed by atoms with Crippen LogP contribution in [0.3, 0.4) is 0 Å². The van der Waals surface area contributed by atoms with Crippen LogP contribution in [0.5, 0.6) is 5.75 Å². The lowest BCUT2D eigenvalue weighted by Gasteiger charge is -2.30. The Hall–Kier alpha value is -2.05. The summed E-state index contributed by atoms with van der Waals surface area (Å²) in [5, 5.41) is 1.20. The highest BCUT2D eigenvalue weighted by Crippen LogP contribution is 2.26. The van der Waals surface area contributed by atoms with Crippen molar-refractivity contribution in [3.8, 4) is 5.75 Å². The van der Waals surface area contributed by atoms with Gasteiger partial charge < -0.3 is 4.74 Å². The van der Waals surface area contributed by atoms with Gasteiger partial charge in [-0.1, -0.05) is 41.6 Å². The summed E-state index contributed by atoms with van der Waals surface area (Å²) in [6, 6.07) is 13.5. The summed E-state index contributed by atoms with van der Waals surface area (Å²) in [5.41, 5.74) is -0.488. The zero-order chi connectivity index (χ0) is 19.4. The number of ether oxygens (including phenoxy) is 1. The van der Waals surface area contributed by atoms with Gasteiger partial charge in [0, 0.05) is 17.3 Å². The molecule has 0 N–H and O–H groups in total. The van der Waals surface area contributed by atoms with Crippen LogP contribution in [0.25, 0.3) is 0 Å². The number of rotatable bonds is 5. The minimum atomic E-state index is -1.07. The SMILES string of the molecule is CC(C)(Oc1ccc(Cl)cc1)C(=O)N1CCN=C1SCc1ccccc1F. The molecule has 1 heterocycles. The van der Waals surface area contributed by atoms with E-state index in [1.807, 2.05) is 0 Å². The van der Waals surface area contributed by atoms with E-state index in [0.29, 0.717) is 40.3 Å². The number of nitrogens with zero attached hydrogens (tertiary/aromatic N) is 2. The lowest BCUT2D eigenvalue weighted by Crippen LogP contribution is -2.49. The van der Waals surface area contributed by atoms with Gasteiger partial charge in [0.2, 0.25) is 0 Å². The summed E-state index contributed by atoms with van der Waals surface area (Å²) in [6.45, 7) is 4.47. The van der Waals surface area contributed by atoms with Crippen molar-refractivity contribution in [2.75, 3.05) is 13.1 Å². The fourth-order valence-corrected chi connectivity index (χ4v) is 3.82. The Kier molecular flexibility index (Phi) is 6.07. The molecule has 4 nitrogen and oxygen atoms in total. The summed E-state index contributed by atoms with van der Waals surface area (Å²) in [4.78, 5) is 19.1. The lowest BCUT2D eigenvalue weighted by molar-refractivity contribution is -0.140. The Morgan fingerprint density at radius 3 is 2.67 bits per heavy atom. The molecule has 2 aromatic rings. The number of carbonyl (C=O) groups is 1. The quantitative estimate of drug-likeness (QED) is 0.718. The molecule has 3 rings (SSSR count). The van der Waals surface area contributed by atoms with E-state index in [4.69, 9.17) is 16.3 Å². The number of benzene rings is 2. The molecule has 0 radical (unpaired) electrons. The van der Waals surface area contributed by atoms with Gasteiger partial charge in [-0.05, 0) is 49.7 Å². The van der Waals surface area contributed by atoms with Crippen LogP contribution in [0, 0.1) is 5.82 Å². The van der Waals surface area contributed by atoms with E-state index in [2.05, 4.69) is 4.99 Å². The van der Waals surface area contributed by atoms with Gasteiger partial charge in [-0.2, -0.15) is 0 Å². The number of halogens is 2. The van der Waals surface area contributed by atoms with Crippen LogP contribution >= 0.6 is 23.4 Å². The molecule has 0 bridgehead atoms. The third-order valence-corrected chi connectivity index (χ3v) is 5.38. The fraction of sp³-hybridized carbons (Fsp3) is 0.300. The van der Waals surface area contributed by atoms with E-state index >= 15 is 0 Å². The molecule has 0 spiro atoms. The van der Waals surface area contributed by atoms with Crippen molar-refractivity contribution in [2.24, 2.45) is 4.99 Å². The Balaban J connectivity index is 1.66.